The molecule has 4 unspecified atom stereocenters. The van der Waals surface area contributed by atoms with Crippen molar-refractivity contribution in [3.8, 4) is 0 Å². The molecule has 19 heavy (non-hydrogen) atoms. The highest BCUT2D eigenvalue weighted by Crippen LogP contribution is 2.30. The molecule has 1 aliphatic carbocycles. The van der Waals surface area contributed by atoms with Crippen LogP contribution >= 0.6 is 0 Å². The standard InChI is InChI=1S/C15H29N3O/c1-11-9-12(16)6-7-14(11)15(19)18(3)10-13-5-4-8-17(13)2/h11-14H,4-10,16H2,1-3H3. The summed E-state index contributed by atoms with van der Waals surface area (Å²) in [7, 11) is 4.13. The SMILES string of the molecule is CC1CC(N)CCC1C(=O)N(C)CC1CCCN1C. The minimum Gasteiger partial charge on any atom is -0.344 e. The van der Waals surface area contributed by atoms with E-state index in [9.17, 15) is 4.79 Å². The van der Waals surface area contributed by atoms with E-state index in [1.165, 1.54) is 19.4 Å². The monoisotopic (exact) mass is 267 g/mol. The number of nitrogens with zero attached hydrogens (tertiary/aromatic N) is 2. The van der Waals surface area contributed by atoms with Gasteiger partial charge in [-0.2, -0.15) is 0 Å². The molecule has 2 fully saturated rings. The Morgan fingerprint density at radius 3 is 2.68 bits per heavy atom. The molecule has 0 radical (unpaired) electrons. The molecule has 0 aromatic heterocycles. The van der Waals surface area contributed by atoms with E-state index in [0.717, 1.165) is 25.8 Å². The molecule has 1 amide bonds. The molecule has 0 aromatic rings. The molecule has 0 aromatic carbocycles. The number of amides is 1. The van der Waals surface area contributed by atoms with Gasteiger partial charge in [0.25, 0.3) is 0 Å². The first-order valence-electron chi connectivity index (χ1n) is 7.69. The van der Waals surface area contributed by atoms with E-state index in [-0.39, 0.29) is 5.92 Å². The molecule has 1 heterocycles. The molecule has 2 aliphatic rings. The fourth-order valence-corrected chi connectivity index (χ4v) is 3.70. The maximum atomic E-state index is 12.6. The summed E-state index contributed by atoms with van der Waals surface area (Å²) in [5.74, 6) is 0.955. The number of rotatable bonds is 3. The highest BCUT2D eigenvalue weighted by atomic mass is 16.2. The second kappa shape index (κ2) is 6.23. The lowest BCUT2D eigenvalue weighted by Crippen LogP contribution is -2.45. The van der Waals surface area contributed by atoms with Gasteiger partial charge in [-0.3, -0.25) is 4.79 Å². The fraction of sp³-hybridized carbons (Fsp3) is 0.933. The predicted molar refractivity (Wildman–Crippen MR) is 77.8 cm³/mol. The van der Waals surface area contributed by atoms with E-state index in [1.54, 1.807) is 0 Å². The van der Waals surface area contributed by atoms with Gasteiger partial charge >= 0.3 is 0 Å². The number of hydrogen-bond donors (Lipinski definition) is 1. The Kier molecular flexibility index (Phi) is 4.85. The summed E-state index contributed by atoms with van der Waals surface area (Å²) in [6, 6.07) is 0.848. The molecular formula is C15H29N3O. The third-order valence-electron chi connectivity index (χ3n) is 5.06. The van der Waals surface area contributed by atoms with Crippen molar-refractivity contribution in [1.82, 2.24) is 9.80 Å². The first-order chi connectivity index (χ1) is 8.99. The van der Waals surface area contributed by atoms with E-state index in [2.05, 4.69) is 18.9 Å². The van der Waals surface area contributed by atoms with Gasteiger partial charge in [0.1, 0.15) is 0 Å². The summed E-state index contributed by atoms with van der Waals surface area (Å²) in [6.07, 6.45) is 5.44. The molecule has 1 saturated heterocycles. The second-order valence-electron chi connectivity index (χ2n) is 6.65. The van der Waals surface area contributed by atoms with Crippen LogP contribution < -0.4 is 5.73 Å². The Morgan fingerprint density at radius 1 is 1.37 bits per heavy atom. The van der Waals surface area contributed by atoms with Gasteiger partial charge in [-0.25, -0.2) is 0 Å². The van der Waals surface area contributed by atoms with Gasteiger partial charge in [0.2, 0.25) is 5.91 Å². The van der Waals surface area contributed by atoms with E-state index >= 15 is 0 Å². The zero-order valence-corrected chi connectivity index (χ0v) is 12.6. The highest BCUT2D eigenvalue weighted by Gasteiger charge is 2.33. The third kappa shape index (κ3) is 3.48. The van der Waals surface area contributed by atoms with E-state index in [1.807, 2.05) is 11.9 Å². The van der Waals surface area contributed by atoms with Gasteiger partial charge in [0.05, 0.1) is 0 Å². The third-order valence-corrected chi connectivity index (χ3v) is 5.06. The van der Waals surface area contributed by atoms with Crippen LogP contribution in [-0.2, 0) is 4.79 Å². The molecule has 1 aliphatic heterocycles. The summed E-state index contributed by atoms with van der Waals surface area (Å²) in [4.78, 5) is 16.9. The van der Waals surface area contributed by atoms with Gasteiger partial charge in [0, 0.05) is 31.6 Å². The van der Waals surface area contributed by atoms with Crippen LogP contribution in [0.3, 0.4) is 0 Å². The van der Waals surface area contributed by atoms with Crippen LogP contribution in [0.5, 0.6) is 0 Å². The molecule has 4 heteroatoms. The summed E-state index contributed by atoms with van der Waals surface area (Å²) in [5, 5.41) is 0. The Bertz CT molecular complexity index is 321. The summed E-state index contributed by atoms with van der Waals surface area (Å²) >= 11 is 0. The smallest absolute Gasteiger partial charge is 0.225 e. The van der Waals surface area contributed by atoms with Crippen molar-refractivity contribution in [2.45, 2.75) is 51.1 Å². The lowest BCUT2D eigenvalue weighted by Gasteiger charge is -2.35. The fourth-order valence-electron chi connectivity index (χ4n) is 3.70. The number of nitrogens with two attached hydrogens (primary N) is 1. The van der Waals surface area contributed by atoms with Crippen molar-refractivity contribution < 1.29 is 4.79 Å². The number of hydrogen-bond acceptors (Lipinski definition) is 3. The summed E-state index contributed by atoms with van der Waals surface area (Å²) in [6.45, 7) is 4.23. The van der Waals surface area contributed by atoms with E-state index in [0.29, 0.717) is 23.9 Å². The van der Waals surface area contributed by atoms with Gasteiger partial charge in [-0.1, -0.05) is 6.92 Å². The van der Waals surface area contributed by atoms with Gasteiger partial charge in [-0.15, -0.1) is 0 Å². The van der Waals surface area contributed by atoms with Crippen molar-refractivity contribution in [2.24, 2.45) is 17.6 Å². The van der Waals surface area contributed by atoms with Crippen molar-refractivity contribution in [1.29, 1.82) is 0 Å². The molecule has 4 atom stereocenters. The molecule has 0 spiro atoms. The van der Waals surface area contributed by atoms with Gasteiger partial charge < -0.3 is 15.5 Å². The minimum atomic E-state index is 0.191. The zero-order chi connectivity index (χ0) is 14.0. The van der Waals surface area contributed by atoms with Crippen molar-refractivity contribution in [3.05, 3.63) is 0 Å². The summed E-state index contributed by atoms with van der Waals surface area (Å²) in [5.41, 5.74) is 5.98. The first-order valence-corrected chi connectivity index (χ1v) is 7.69. The van der Waals surface area contributed by atoms with Gasteiger partial charge in [-0.05, 0) is 51.6 Å². The second-order valence-corrected chi connectivity index (χ2v) is 6.65. The molecule has 110 valence electrons. The van der Waals surface area contributed by atoms with Crippen LogP contribution in [0, 0.1) is 11.8 Å². The van der Waals surface area contributed by atoms with Crippen LogP contribution in [0.4, 0.5) is 0 Å². The predicted octanol–water partition coefficient (Wildman–Crippen LogP) is 1.30. The topological polar surface area (TPSA) is 49.6 Å². The molecule has 1 saturated carbocycles. The van der Waals surface area contributed by atoms with Crippen LogP contribution in [0.2, 0.25) is 0 Å². The maximum absolute atomic E-state index is 12.6. The Morgan fingerprint density at radius 2 is 2.11 bits per heavy atom. The first kappa shape index (κ1) is 14.8. The molecule has 2 N–H and O–H groups in total. The maximum Gasteiger partial charge on any atom is 0.225 e. The number of carbonyl (C=O) groups is 1. The lowest BCUT2D eigenvalue weighted by atomic mass is 9.77. The normalized spacial score (nSPS) is 36.4. The molecule has 0 bridgehead atoms. The van der Waals surface area contributed by atoms with Crippen molar-refractivity contribution >= 4 is 5.91 Å². The Hall–Kier alpha value is -0.610. The van der Waals surface area contributed by atoms with Crippen molar-refractivity contribution in [2.75, 3.05) is 27.2 Å². The van der Waals surface area contributed by atoms with E-state index in [4.69, 9.17) is 5.73 Å². The molecule has 2 rings (SSSR count). The van der Waals surface area contributed by atoms with Crippen molar-refractivity contribution in [3.63, 3.8) is 0 Å². The van der Waals surface area contributed by atoms with Crippen LogP contribution in [0.15, 0.2) is 0 Å². The largest absolute Gasteiger partial charge is 0.344 e. The number of carbonyl (C=O) groups excluding carboxylic acids is 1. The Labute approximate surface area is 117 Å². The minimum absolute atomic E-state index is 0.191. The number of likely N-dealkylation sites (tertiary alicyclic amines) is 1. The summed E-state index contributed by atoms with van der Waals surface area (Å²) < 4.78 is 0. The average molecular weight is 267 g/mol. The Balaban J connectivity index is 1.88. The quantitative estimate of drug-likeness (QED) is 0.838. The molecule has 4 nitrogen and oxygen atoms in total. The lowest BCUT2D eigenvalue weighted by molar-refractivity contribution is -0.137. The van der Waals surface area contributed by atoms with E-state index < -0.39 is 0 Å². The number of likely N-dealkylation sites (N-methyl/N-ethyl adjacent to an activating group) is 2. The van der Waals surface area contributed by atoms with Crippen LogP contribution in [-0.4, -0.2) is 55.0 Å². The van der Waals surface area contributed by atoms with Crippen LogP contribution in [0.25, 0.3) is 0 Å². The zero-order valence-electron chi connectivity index (χ0n) is 12.6. The highest BCUT2D eigenvalue weighted by molar-refractivity contribution is 5.79. The van der Waals surface area contributed by atoms with Gasteiger partial charge in [0.15, 0.2) is 0 Å². The average Bonchev–Trinajstić information content (AvgIpc) is 2.74. The van der Waals surface area contributed by atoms with Crippen LogP contribution in [0.1, 0.15) is 39.0 Å². The molecular weight excluding hydrogens is 238 g/mol.